The van der Waals surface area contributed by atoms with Gasteiger partial charge in [0.25, 0.3) is 5.91 Å². The van der Waals surface area contributed by atoms with Crippen molar-refractivity contribution in [2.45, 2.75) is 30.4 Å². The number of amides is 1. The molecule has 2 aromatic rings. The lowest BCUT2D eigenvalue weighted by atomic mass is 10.2. The number of benzene rings is 2. The molecule has 1 atom stereocenters. The highest BCUT2D eigenvalue weighted by Crippen LogP contribution is 2.15. The van der Waals surface area contributed by atoms with E-state index in [1.54, 1.807) is 7.11 Å². The van der Waals surface area contributed by atoms with E-state index in [0.717, 1.165) is 24.2 Å². The summed E-state index contributed by atoms with van der Waals surface area (Å²) in [6.07, 6.45) is 1.74. The van der Waals surface area contributed by atoms with Crippen molar-refractivity contribution in [2.24, 2.45) is 0 Å². The highest BCUT2D eigenvalue weighted by atomic mass is 32.2. The average Bonchev–Trinajstić information content (AvgIpc) is 3.25. The summed E-state index contributed by atoms with van der Waals surface area (Å²) in [7, 11) is -2.03. The first-order valence-electron chi connectivity index (χ1n) is 9.10. The minimum atomic E-state index is -3.63. The van der Waals surface area contributed by atoms with E-state index in [1.807, 2.05) is 24.3 Å². The third kappa shape index (κ3) is 5.31. The number of carbonyl (C=O) groups is 1. The van der Waals surface area contributed by atoms with Gasteiger partial charge in [0.15, 0.2) is 0 Å². The second-order valence-electron chi connectivity index (χ2n) is 6.54. The van der Waals surface area contributed by atoms with E-state index in [2.05, 4.69) is 10.0 Å². The van der Waals surface area contributed by atoms with Crippen LogP contribution in [0.15, 0.2) is 53.4 Å². The highest BCUT2D eigenvalue weighted by molar-refractivity contribution is 7.89. The number of hydrogen-bond acceptors (Lipinski definition) is 5. The van der Waals surface area contributed by atoms with Crippen LogP contribution in [-0.2, 0) is 21.3 Å². The first-order valence-corrected chi connectivity index (χ1v) is 10.6. The normalized spacial score (nSPS) is 16.7. The first kappa shape index (κ1) is 20.3. The third-order valence-electron chi connectivity index (χ3n) is 4.56. The molecule has 0 spiro atoms. The third-order valence-corrected chi connectivity index (χ3v) is 6.00. The van der Waals surface area contributed by atoms with Gasteiger partial charge in [-0.05, 0) is 54.8 Å². The second-order valence-corrected chi connectivity index (χ2v) is 8.31. The first-order chi connectivity index (χ1) is 13.5. The largest absolute Gasteiger partial charge is 0.497 e. The molecular formula is C20H24N2O5S. The molecule has 0 radical (unpaired) electrons. The Morgan fingerprint density at radius 1 is 1.14 bits per heavy atom. The van der Waals surface area contributed by atoms with Crippen LogP contribution in [0.2, 0.25) is 0 Å². The quantitative estimate of drug-likeness (QED) is 0.703. The van der Waals surface area contributed by atoms with Crippen molar-refractivity contribution in [2.75, 3.05) is 20.3 Å². The molecule has 7 nitrogen and oxygen atoms in total. The lowest BCUT2D eigenvalue weighted by molar-refractivity contribution is 0.0951. The molecule has 1 aliphatic heterocycles. The zero-order valence-corrected chi connectivity index (χ0v) is 16.5. The second kappa shape index (κ2) is 9.18. The molecule has 28 heavy (non-hydrogen) atoms. The minimum Gasteiger partial charge on any atom is -0.497 e. The fourth-order valence-electron chi connectivity index (χ4n) is 2.90. The molecule has 1 fully saturated rings. The highest BCUT2D eigenvalue weighted by Gasteiger charge is 2.20. The van der Waals surface area contributed by atoms with E-state index in [-0.39, 0.29) is 23.5 Å². The molecule has 0 bridgehead atoms. The maximum atomic E-state index is 12.4. The topological polar surface area (TPSA) is 93.7 Å². The lowest BCUT2D eigenvalue weighted by Gasteiger charge is -2.12. The average molecular weight is 404 g/mol. The maximum Gasteiger partial charge on any atom is 0.251 e. The molecule has 150 valence electrons. The molecule has 2 aromatic carbocycles. The van der Waals surface area contributed by atoms with Crippen LogP contribution in [0.3, 0.4) is 0 Å². The van der Waals surface area contributed by atoms with Gasteiger partial charge in [-0.2, -0.15) is 0 Å². The summed E-state index contributed by atoms with van der Waals surface area (Å²) < 4.78 is 37.8. The smallest absolute Gasteiger partial charge is 0.251 e. The van der Waals surface area contributed by atoms with Crippen molar-refractivity contribution >= 4 is 15.9 Å². The van der Waals surface area contributed by atoms with E-state index in [4.69, 9.17) is 9.47 Å². The van der Waals surface area contributed by atoms with Gasteiger partial charge in [0.1, 0.15) is 5.75 Å². The van der Waals surface area contributed by atoms with Crippen LogP contribution in [0.4, 0.5) is 0 Å². The Hall–Kier alpha value is -2.42. The number of nitrogens with one attached hydrogen (secondary N) is 2. The Kier molecular flexibility index (Phi) is 6.66. The van der Waals surface area contributed by atoms with Crippen LogP contribution >= 0.6 is 0 Å². The molecule has 8 heteroatoms. The van der Waals surface area contributed by atoms with E-state index in [1.165, 1.54) is 24.3 Å². The summed E-state index contributed by atoms with van der Waals surface area (Å²) in [6, 6.07) is 13.3. The van der Waals surface area contributed by atoms with Crippen molar-refractivity contribution in [1.82, 2.24) is 10.0 Å². The molecule has 1 unspecified atom stereocenters. The fraction of sp³-hybridized carbons (Fsp3) is 0.350. The van der Waals surface area contributed by atoms with Crippen LogP contribution in [0.25, 0.3) is 0 Å². The van der Waals surface area contributed by atoms with Gasteiger partial charge in [0, 0.05) is 25.3 Å². The molecule has 0 aromatic heterocycles. The summed E-state index contributed by atoms with van der Waals surface area (Å²) in [5, 5.41) is 2.81. The van der Waals surface area contributed by atoms with Gasteiger partial charge in [0.2, 0.25) is 10.0 Å². The number of hydrogen-bond donors (Lipinski definition) is 2. The molecule has 1 saturated heterocycles. The number of rotatable bonds is 8. The Morgan fingerprint density at radius 3 is 2.46 bits per heavy atom. The van der Waals surface area contributed by atoms with Crippen LogP contribution in [0, 0.1) is 0 Å². The Balaban J connectivity index is 1.55. The monoisotopic (exact) mass is 404 g/mol. The molecule has 2 N–H and O–H groups in total. The number of sulfonamides is 1. The van der Waals surface area contributed by atoms with E-state index in [0.29, 0.717) is 18.7 Å². The molecule has 3 rings (SSSR count). The van der Waals surface area contributed by atoms with Gasteiger partial charge in [-0.1, -0.05) is 12.1 Å². The zero-order chi connectivity index (χ0) is 20.0. The summed E-state index contributed by atoms with van der Waals surface area (Å²) in [4.78, 5) is 12.4. The summed E-state index contributed by atoms with van der Waals surface area (Å²) >= 11 is 0. The van der Waals surface area contributed by atoms with Crippen LogP contribution in [-0.4, -0.2) is 40.7 Å². The standard InChI is InChI=1S/C20H24N2O5S/c1-26-17-8-4-15(5-9-17)13-21-20(23)16-6-10-19(11-7-16)28(24,25)22-14-18-3-2-12-27-18/h4-11,18,22H,2-3,12-14H2,1H3,(H,21,23). The SMILES string of the molecule is COc1ccc(CNC(=O)c2ccc(S(=O)(=O)NCC3CCCO3)cc2)cc1. The predicted molar refractivity (Wildman–Crippen MR) is 105 cm³/mol. The van der Waals surface area contributed by atoms with Crippen molar-refractivity contribution in [3.63, 3.8) is 0 Å². The van der Waals surface area contributed by atoms with Gasteiger partial charge >= 0.3 is 0 Å². The predicted octanol–water partition coefficient (Wildman–Crippen LogP) is 2.08. The Labute approximate surface area is 165 Å². The van der Waals surface area contributed by atoms with Gasteiger partial charge in [-0.15, -0.1) is 0 Å². The molecule has 1 amide bonds. The molecule has 1 heterocycles. The van der Waals surface area contributed by atoms with E-state index >= 15 is 0 Å². The molecule has 0 aliphatic carbocycles. The number of ether oxygens (including phenoxy) is 2. The summed E-state index contributed by atoms with van der Waals surface area (Å²) in [6.45, 7) is 1.30. The van der Waals surface area contributed by atoms with Crippen molar-refractivity contribution in [1.29, 1.82) is 0 Å². The number of methoxy groups -OCH3 is 1. The number of carbonyl (C=O) groups excluding carboxylic acids is 1. The molecule has 1 aliphatic rings. The Morgan fingerprint density at radius 2 is 1.86 bits per heavy atom. The molecular weight excluding hydrogens is 380 g/mol. The molecule has 0 saturated carbocycles. The van der Waals surface area contributed by atoms with Gasteiger partial charge in [-0.3, -0.25) is 4.79 Å². The van der Waals surface area contributed by atoms with Crippen molar-refractivity contribution in [3.8, 4) is 5.75 Å². The minimum absolute atomic E-state index is 0.0715. The summed E-state index contributed by atoms with van der Waals surface area (Å²) in [5.74, 6) is 0.479. The fourth-order valence-corrected chi connectivity index (χ4v) is 3.97. The van der Waals surface area contributed by atoms with Crippen LogP contribution < -0.4 is 14.8 Å². The van der Waals surface area contributed by atoms with Gasteiger partial charge < -0.3 is 14.8 Å². The lowest BCUT2D eigenvalue weighted by Crippen LogP contribution is -2.31. The van der Waals surface area contributed by atoms with Crippen molar-refractivity contribution < 1.29 is 22.7 Å². The van der Waals surface area contributed by atoms with Gasteiger partial charge in [0.05, 0.1) is 18.1 Å². The van der Waals surface area contributed by atoms with E-state index < -0.39 is 10.0 Å². The van der Waals surface area contributed by atoms with Crippen LogP contribution in [0.5, 0.6) is 5.75 Å². The Bertz CT molecular complexity index is 889. The maximum absolute atomic E-state index is 12.4. The van der Waals surface area contributed by atoms with E-state index in [9.17, 15) is 13.2 Å². The zero-order valence-electron chi connectivity index (χ0n) is 15.7. The van der Waals surface area contributed by atoms with Crippen molar-refractivity contribution in [3.05, 3.63) is 59.7 Å². The summed E-state index contributed by atoms with van der Waals surface area (Å²) in [5.41, 5.74) is 1.33. The van der Waals surface area contributed by atoms with Crippen LogP contribution in [0.1, 0.15) is 28.8 Å². The van der Waals surface area contributed by atoms with Gasteiger partial charge in [-0.25, -0.2) is 13.1 Å².